The average molecular weight is 440 g/mol. The Morgan fingerprint density at radius 2 is 1.90 bits per heavy atom. The first-order valence-corrected chi connectivity index (χ1v) is 11.4. The smallest absolute Gasteiger partial charge is 0.407 e. The number of carbonyl (C=O) groups excluding carboxylic acids is 1. The summed E-state index contributed by atoms with van der Waals surface area (Å²) < 4.78 is 11.4. The van der Waals surface area contributed by atoms with Gasteiger partial charge in [-0.3, -0.25) is 0 Å². The predicted octanol–water partition coefficient (Wildman–Crippen LogP) is 5.13. The van der Waals surface area contributed by atoms with Crippen LogP contribution in [0.1, 0.15) is 36.6 Å². The summed E-state index contributed by atoms with van der Waals surface area (Å²) in [4.78, 5) is 17.4. The molecule has 2 aromatic carbocycles. The van der Waals surface area contributed by atoms with Gasteiger partial charge < -0.3 is 20.5 Å². The van der Waals surface area contributed by atoms with E-state index in [1.807, 2.05) is 60.8 Å². The second-order valence-electron chi connectivity index (χ2n) is 7.17. The first kappa shape index (κ1) is 22.8. The highest BCUT2D eigenvalue weighted by molar-refractivity contribution is 7.15. The van der Waals surface area contributed by atoms with Crippen LogP contribution in [0.15, 0.2) is 60.8 Å². The van der Waals surface area contributed by atoms with Crippen LogP contribution in [0.2, 0.25) is 0 Å². The fourth-order valence-corrected chi connectivity index (χ4v) is 3.89. The summed E-state index contributed by atoms with van der Waals surface area (Å²) in [5, 5.41) is 3.76. The number of aromatic nitrogens is 1. The van der Waals surface area contributed by atoms with Crippen molar-refractivity contribution >= 4 is 17.4 Å². The number of rotatable bonds is 11. The molecule has 164 valence electrons. The third kappa shape index (κ3) is 7.38. The summed E-state index contributed by atoms with van der Waals surface area (Å²) in [5.74, 6) is 0.810. The van der Waals surface area contributed by atoms with Gasteiger partial charge in [0.1, 0.15) is 23.5 Å². The van der Waals surface area contributed by atoms with E-state index in [0.717, 1.165) is 39.6 Å². The fourth-order valence-electron chi connectivity index (χ4n) is 3.10. The van der Waals surface area contributed by atoms with Gasteiger partial charge in [-0.1, -0.05) is 43.7 Å². The molecule has 0 radical (unpaired) electrons. The maximum atomic E-state index is 11.9. The van der Waals surface area contributed by atoms with Gasteiger partial charge in [-0.05, 0) is 36.2 Å². The zero-order valence-electron chi connectivity index (χ0n) is 17.8. The average Bonchev–Trinajstić information content (AvgIpc) is 3.28. The molecule has 0 aliphatic rings. The third-order valence-electron chi connectivity index (χ3n) is 4.72. The normalized spacial score (nSPS) is 11.7. The number of benzene rings is 2. The lowest BCUT2D eigenvalue weighted by Gasteiger charge is -2.19. The Kier molecular flexibility index (Phi) is 8.87. The summed E-state index contributed by atoms with van der Waals surface area (Å²) in [6, 6.07) is 17.6. The quantitative estimate of drug-likeness (QED) is 0.432. The number of nitrogens with zero attached hydrogens (tertiary/aromatic N) is 1. The molecule has 0 saturated carbocycles. The van der Waals surface area contributed by atoms with Gasteiger partial charge in [0.25, 0.3) is 0 Å². The largest absolute Gasteiger partial charge is 0.490 e. The van der Waals surface area contributed by atoms with Gasteiger partial charge in [0, 0.05) is 36.1 Å². The van der Waals surface area contributed by atoms with E-state index in [1.54, 1.807) is 11.3 Å². The van der Waals surface area contributed by atoms with E-state index in [-0.39, 0.29) is 12.7 Å². The molecular weight excluding hydrogens is 410 g/mol. The van der Waals surface area contributed by atoms with Gasteiger partial charge in [0.05, 0.1) is 0 Å². The summed E-state index contributed by atoms with van der Waals surface area (Å²) >= 11 is 1.60. The van der Waals surface area contributed by atoms with Crippen LogP contribution in [-0.2, 0) is 17.9 Å². The molecule has 1 atom stereocenters. The molecule has 3 rings (SSSR count). The van der Waals surface area contributed by atoms with E-state index in [9.17, 15) is 4.79 Å². The first-order valence-electron chi connectivity index (χ1n) is 10.5. The molecule has 1 heterocycles. The summed E-state index contributed by atoms with van der Waals surface area (Å²) in [6.45, 7) is 3.39. The molecule has 7 heteroatoms. The Morgan fingerprint density at radius 1 is 1.13 bits per heavy atom. The molecule has 0 fully saturated rings. The van der Waals surface area contributed by atoms with Crippen molar-refractivity contribution in [3.05, 3.63) is 71.2 Å². The van der Waals surface area contributed by atoms with Crippen molar-refractivity contribution in [1.29, 1.82) is 0 Å². The molecule has 0 aliphatic heterocycles. The molecule has 3 aromatic rings. The minimum atomic E-state index is -0.413. The molecule has 0 aliphatic carbocycles. The highest BCUT2D eigenvalue weighted by Crippen LogP contribution is 2.27. The fraction of sp³-hybridized carbons (Fsp3) is 0.333. The number of ether oxygens (including phenoxy) is 2. The highest BCUT2D eigenvalue weighted by atomic mass is 32.1. The SMILES string of the molecule is CCCC(CCNC(=O)OCc1ccccc1)Oc1ccc(-c2ncc(CN)s2)cc1. The minimum absolute atomic E-state index is 0.0222. The Bertz CT molecular complexity index is 929. The van der Waals surface area contributed by atoms with Gasteiger partial charge in [0.15, 0.2) is 0 Å². The van der Waals surface area contributed by atoms with Crippen LogP contribution < -0.4 is 15.8 Å². The van der Waals surface area contributed by atoms with E-state index in [1.165, 1.54) is 0 Å². The zero-order chi connectivity index (χ0) is 21.9. The highest BCUT2D eigenvalue weighted by Gasteiger charge is 2.12. The van der Waals surface area contributed by atoms with Crippen molar-refractivity contribution in [3.8, 4) is 16.3 Å². The topological polar surface area (TPSA) is 86.5 Å². The van der Waals surface area contributed by atoms with Crippen LogP contribution in [-0.4, -0.2) is 23.7 Å². The number of hydrogen-bond donors (Lipinski definition) is 2. The van der Waals surface area contributed by atoms with Crippen LogP contribution in [0.4, 0.5) is 4.79 Å². The molecule has 31 heavy (non-hydrogen) atoms. The van der Waals surface area contributed by atoms with Crippen LogP contribution in [0.3, 0.4) is 0 Å². The second-order valence-corrected chi connectivity index (χ2v) is 8.28. The van der Waals surface area contributed by atoms with Gasteiger partial charge in [-0.2, -0.15) is 0 Å². The Hall–Kier alpha value is -2.90. The standard InChI is InChI=1S/C24H29N3O3S/c1-2-6-20(13-14-26-24(28)29-17-18-7-4-3-5-8-18)30-21-11-9-19(10-12-21)23-27-16-22(15-25)31-23/h3-5,7-12,16,20H,2,6,13-15,17,25H2,1H3,(H,26,28). The van der Waals surface area contributed by atoms with Crippen LogP contribution in [0, 0.1) is 0 Å². The van der Waals surface area contributed by atoms with E-state index in [2.05, 4.69) is 17.2 Å². The van der Waals surface area contributed by atoms with Gasteiger partial charge in [0.2, 0.25) is 0 Å². The Labute approximate surface area is 187 Å². The van der Waals surface area contributed by atoms with Crippen molar-refractivity contribution in [3.63, 3.8) is 0 Å². The monoisotopic (exact) mass is 439 g/mol. The van der Waals surface area contributed by atoms with E-state index >= 15 is 0 Å². The number of alkyl carbamates (subject to hydrolysis) is 1. The number of carbonyl (C=O) groups is 1. The molecule has 1 amide bonds. The van der Waals surface area contributed by atoms with Crippen LogP contribution in [0.25, 0.3) is 10.6 Å². The number of nitrogens with two attached hydrogens (primary N) is 1. The summed E-state index contributed by atoms with van der Waals surface area (Å²) in [6.07, 6.45) is 4.05. The van der Waals surface area contributed by atoms with Gasteiger partial charge in [-0.15, -0.1) is 11.3 Å². The molecule has 3 N–H and O–H groups in total. The summed E-state index contributed by atoms with van der Waals surface area (Å²) in [7, 11) is 0. The lowest BCUT2D eigenvalue weighted by atomic mass is 10.1. The number of amides is 1. The van der Waals surface area contributed by atoms with Crippen molar-refractivity contribution < 1.29 is 14.3 Å². The van der Waals surface area contributed by atoms with E-state index < -0.39 is 6.09 Å². The zero-order valence-corrected chi connectivity index (χ0v) is 18.6. The number of nitrogens with one attached hydrogen (secondary N) is 1. The van der Waals surface area contributed by atoms with E-state index in [0.29, 0.717) is 19.5 Å². The number of thiazole rings is 1. The molecule has 1 unspecified atom stereocenters. The summed E-state index contributed by atoms with van der Waals surface area (Å²) in [5.41, 5.74) is 7.68. The minimum Gasteiger partial charge on any atom is -0.490 e. The van der Waals surface area contributed by atoms with E-state index in [4.69, 9.17) is 15.2 Å². The molecule has 1 aromatic heterocycles. The lowest BCUT2D eigenvalue weighted by Crippen LogP contribution is -2.29. The predicted molar refractivity (Wildman–Crippen MR) is 124 cm³/mol. The van der Waals surface area contributed by atoms with Gasteiger partial charge >= 0.3 is 6.09 Å². The van der Waals surface area contributed by atoms with Crippen LogP contribution >= 0.6 is 11.3 Å². The lowest BCUT2D eigenvalue weighted by molar-refractivity contribution is 0.135. The third-order valence-corrected chi connectivity index (χ3v) is 5.79. The molecule has 0 saturated heterocycles. The van der Waals surface area contributed by atoms with Crippen molar-refractivity contribution in [2.75, 3.05) is 6.54 Å². The molecular formula is C24H29N3O3S. The van der Waals surface area contributed by atoms with Crippen LogP contribution in [0.5, 0.6) is 5.75 Å². The first-order chi connectivity index (χ1) is 15.2. The maximum absolute atomic E-state index is 11.9. The van der Waals surface area contributed by atoms with Gasteiger partial charge in [-0.25, -0.2) is 9.78 Å². The Morgan fingerprint density at radius 3 is 2.58 bits per heavy atom. The van der Waals surface area contributed by atoms with Crippen molar-refractivity contribution in [2.45, 2.75) is 45.4 Å². The number of hydrogen-bond acceptors (Lipinski definition) is 6. The maximum Gasteiger partial charge on any atom is 0.407 e. The van der Waals surface area contributed by atoms with Crippen molar-refractivity contribution in [2.24, 2.45) is 5.73 Å². The second kappa shape index (κ2) is 12.1. The molecule has 6 nitrogen and oxygen atoms in total. The molecule has 0 bridgehead atoms. The molecule has 0 spiro atoms. The van der Waals surface area contributed by atoms with Crippen molar-refractivity contribution in [1.82, 2.24) is 10.3 Å². The Balaban J connectivity index is 1.45.